The van der Waals surface area contributed by atoms with Crippen molar-refractivity contribution in [1.29, 1.82) is 0 Å². The maximum atomic E-state index is 12.9. The van der Waals surface area contributed by atoms with E-state index < -0.39 is 0 Å². The lowest BCUT2D eigenvalue weighted by Gasteiger charge is -2.29. The quantitative estimate of drug-likeness (QED) is 0.936. The summed E-state index contributed by atoms with van der Waals surface area (Å²) in [6.07, 6.45) is 0. The Hall–Kier alpha value is -2.89. The van der Waals surface area contributed by atoms with E-state index >= 15 is 0 Å². The summed E-state index contributed by atoms with van der Waals surface area (Å²) >= 11 is 0. The Morgan fingerprint density at radius 2 is 2.00 bits per heavy atom. The standard InChI is InChI=1S/C18H17FN2O3/c1-12-2-7-15-16(8-12)24-11-18(23)21(15)10-17(22)20-9-13-3-5-14(19)6-4-13/h2-8H,9-11H2,1H3,(H,20,22). The summed E-state index contributed by atoms with van der Waals surface area (Å²) in [5.41, 5.74) is 2.40. The van der Waals surface area contributed by atoms with Crippen LogP contribution in [-0.2, 0) is 16.1 Å². The maximum Gasteiger partial charge on any atom is 0.265 e. The van der Waals surface area contributed by atoms with Crippen LogP contribution in [0.15, 0.2) is 42.5 Å². The molecule has 0 aromatic heterocycles. The van der Waals surface area contributed by atoms with Crippen LogP contribution in [0, 0.1) is 12.7 Å². The molecule has 1 heterocycles. The van der Waals surface area contributed by atoms with Gasteiger partial charge < -0.3 is 10.1 Å². The van der Waals surface area contributed by atoms with Crippen molar-refractivity contribution in [3.05, 3.63) is 59.4 Å². The summed E-state index contributed by atoms with van der Waals surface area (Å²) in [5, 5.41) is 2.73. The van der Waals surface area contributed by atoms with E-state index in [-0.39, 0.29) is 37.3 Å². The second-order valence-corrected chi connectivity index (χ2v) is 5.64. The topological polar surface area (TPSA) is 58.6 Å². The first-order chi connectivity index (χ1) is 11.5. The summed E-state index contributed by atoms with van der Waals surface area (Å²) in [5.74, 6) is -0.277. The van der Waals surface area contributed by atoms with Gasteiger partial charge in [-0.2, -0.15) is 0 Å². The molecule has 0 atom stereocenters. The van der Waals surface area contributed by atoms with Crippen molar-refractivity contribution in [3.8, 4) is 5.75 Å². The first kappa shape index (κ1) is 16.0. The number of carbonyl (C=O) groups excluding carboxylic acids is 2. The molecule has 2 amide bonds. The summed E-state index contributed by atoms with van der Waals surface area (Å²) in [6, 6.07) is 11.4. The van der Waals surface area contributed by atoms with Crippen molar-refractivity contribution < 1.29 is 18.7 Å². The number of carbonyl (C=O) groups is 2. The zero-order valence-corrected chi connectivity index (χ0v) is 13.2. The minimum absolute atomic E-state index is 0.0817. The van der Waals surface area contributed by atoms with E-state index in [0.717, 1.165) is 11.1 Å². The van der Waals surface area contributed by atoms with Crippen molar-refractivity contribution >= 4 is 17.5 Å². The second-order valence-electron chi connectivity index (χ2n) is 5.64. The molecule has 0 bridgehead atoms. The van der Waals surface area contributed by atoms with Gasteiger partial charge in [0.2, 0.25) is 5.91 Å². The fourth-order valence-electron chi connectivity index (χ4n) is 2.49. The van der Waals surface area contributed by atoms with Gasteiger partial charge in [0.1, 0.15) is 18.1 Å². The lowest BCUT2D eigenvalue weighted by molar-refractivity contribution is -0.125. The molecule has 1 aliphatic heterocycles. The third-order valence-electron chi connectivity index (χ3n) is 3.76. The molecule has 1 aliphatic rings. The van der Waals surface area contributed by atoms with E-state index in [4.69, 9.17) is 4.74 Å². The number of amides is 2. The Balaban J connectivity index is 1.65. The van der Waals surface area contributed by atoms with Crippen molar-refractivity contribution in [1.82, 2.24) is 5.32 Å². The van der Waals surface area contributed by atoms with E-state index in [1.807, 2.05) is 19.1 Å². The van der Waals surface area contributed by atoms with Gasteiger partial charge in [0.15, 0.2) is 6.61 Å². The molecule has 0 spiro atoms. The Morgan fingerprint density at radius 1 is 1.25 bits per heavy atom. The number of nitrogens with zero attached hydrogens (tertiary/aromatic N) is 1. The van der Waals surface area contributed by atoms with Crippen molar-refractivity contribution in [2.24, 2.45) is 0 Å². The molecule has 124 valence electrons. The number of ether oxygens (including phenoxy) is 1. The largest absolute Gasteiger partial charge is 0.482 e. The molecular formula is C18H17FN2O3. The van der Waals surface area contributed by atoms with Gasteiger partial charge in [0, 0.05) is 6.54 Å². The molecule has 5 nitrogen and oxygen atoms in total. The molecule has 0 saturated carbocycles. The van der Waals surface area contributed by atoms with E-state index in [1.54, 1.807) is 18.2 Å². The Morgan fingerprint density at radius 3 is 2.75 bits per heavy atom. The van der Waals surface area contributed by atoms with Gasteiger partial charge in [-0.05, 0) is 42.3 Å². The average molecular weight is 328 g/mol. The Labute approximate surface area is 139 Å². The van der Waals surface area contributed by atoms with Crippen LogP contribution in [-0.4, -0.2) is 25.0 Å². The second kappa shape index (κ2) is 6.70. The predicted octanol–water partition coefficient (Wildman–Crippen LogP) is 2.18. The van der Waals surface area contributed by atoms with Gasteiger partial charge in [0.05, 0.1) is 5.69 Å². The number of aryl methyl sites for hydroxylation is 1. The van der Waals surface area contributed by atoms with Crippen LogP contribution in [0.5, 0.6) is 5.75 Å². The van der Waals surface area contributed by atoms with Crippen LogP contribution in [0.1, 0.15) is 11.1 Å². The highest BCUT2D eigenvalue weighted by atomic mass is 19.1. The zero-order valence-electron chi connectivity index (χ0n) is 13.2. The molecule has 0 aliphatic carbocycles. The Bertz CT molecular complexity index is 774. The van der Waals surface area contributed by atoms with Crippen molar-refractivity contribution in [2.45, 2.75) is 13.5 Å². The number of nitrogens with one attached hydrogen (secondary N) is 1. The molecule has 0 fully saturated rings. The van der Waals surface area contributed by atoms with Gasteiger partial charge in [-0.15, -0.1) is 0 Å². The normalized spacial score (nSPS) is 13.2. The molecular weight excluding hydrogens is 311 g/mol. The number of rotatable bonds is 4. The van der Waals surface area contributed by atoms with Gasteiger partial charge >= 0.3 is 0 Å². The summed E-state index contributed by atoms with van der Waals surface area (Å²) < 4.78 is 18.3. The molecule has 1 N–H and O–H groups in total. The highest BCUT2D eigenvalue weighted by Crippen LogP contribution is 2.32. The molecule has 2 aromatic carbocycles. The molecule has 6 heteroatoms. The van der Waals surface area contributed by atoms with Crippen LogP contribution in [0.3, 0.4) is 0 Å². The minimum Gasteiger partial charge on any atom is -0.482 e. The third kappa shape index (κ3) is 3.53. The highest BCUT2D eigenvalue weighted by Gasteiger charge is 2.27. The summed E-state index contributed by atoms with van der Waals surface area (Å²) in [4.78, 5) is 25.6. The van der Waals surface area contributed by atoms with E-state index in [1.165, 1.54) is 17.0 Å². The fraction of sp³-hybridized carbons (Fsp3) is 0.222. The Kier molecular flexibility index (Phi) is 4.46. The molecule has 3 rings (SSSR count). The van der Waals surface area contributed by atoms with Crippen molar-refractivity contribution in [2.75, 3.05) is 18.1 Å². The van der Waals surface area contributed by atoms with Crippen LogP contribution >= 0.6 is 0 Å². The SMILES string of the molecule is Cc1ccc2c(c1)OCC(=O)N2CC(=O)NCc1ccc(F)cc1. The molecule has 0 radical (unpaired) electrons. The summed E-state index contributed by atoms with van der Waals surface area (Å²) in [7, 11) is 0. The third-order valence-corrected chi connectivity index (χ3v) is 3.76. The first-order valence-electron chi connectivity index (χ1n) is 7.58. The monoisotopic (exact) mass is 328 g/mol. The number of hydrogen-bond acceptors (Lipinski definition) is 3. The van der Waals surface area contributed by atoms with Gasteiger partial charge in [-0.3, -0.25) is 14.5 Å². The molecule has 0 unspecified atom stereocenters. The number of anilines is 1. The number of hydrogen-bond donors (Lipinski definition) is 1. The number of benzene rings is 2. The van der Waals surface area contributed by atoms with Crippen molar-refractivity contribution in [3.63, 3.8) is 0 Å². The van der Waals surface area contributed by atoms with Gasteiger partial charge in [-0.1, -0.05) is 18.2 Å². The maximum absolute atomic E-state index is 12.9. The molecule has 24 heavy (non-hydrogen) atoms. The molecule has 0 saturated heterocycles. The lowest BCUT2D eigenvalue weighted by Crippen LogP contribution is -2.45. The van der Waals surface area contributed by atoms with Gasteiger partial charge in [0.25, 0.3) is 5.91 Å². The smallest absolute Gasteiger partial charge is 0.265 e. The lowest BCUT2D eigenvalue weighted by atomic mass is 10.1. The predicted molar refractivity (Wildman–Crippen MR) is 87.3 cm³/mol. The van der Waals surface area contributed by atoms with E-state index in [9.17, 15) is 14.0 Å². The zero-order chi connectivity index (χ0) is 17.1. The molecule has 2 aromatic rings. The van der Waals surface area contributed by atoms with E-state index in [0.29, 0.717) is 11.4 Å². The number of halogens is 1. The van der Waals surface area contributed by atoms with Crippen LogP contribution < -0.4 is 15.0 Å². The minimum atomic E-state index is -0.323. The first-order valence-corrected chi connectivity index (χ1v) is 7.58. The van der Waals surface area contributed by atoms with Gasteiger partial charge in [-0.25, -0.2) is 4.39 Å². The van der Waals surface area contributed by atoms with Crippen LogP contribution in [0.25, 0.3) is 0 Å². The summed E-state index contributed by atoms with van der Waals surface area (Å²) in [6.45, 7) is 2.04. The average Bonchev–Trinajstić information content (AvgIpc) is 2.57. The fourth-order valence-corrected chi connectivity index (χ4v) is 2.49. The number of fused-ring (bicyclic) bond motifs is 1. The van der Waals surface area contributed by atoms with Crippen LogP contribution in [0.2, 0.25) is 0 Å². The van der Waals surface area contributed by atoms with Crippen LogP contribution in [0.4, 0.5) is 10.1 Å². The highest BCUT2D eigenvalue weighted by molar-refractivity contribution is 6.02. The van der Waals surface area contributed by atoms with E-state index in [2.05, 4.69) is 5.32 Å².